The van der Waals surface area contributed by atoms with Crippen molar-refractivity contribution in [3.8, 4) is 5.75 Å². The Morgan fingerprint density at radius 2 is 1.73 bits per heavy atom. The summed E-state index contributed by atoms with van der Waals surface area (Å²) in [6, 6.07) is 6.98. The zero-order valence-electron chi connectivity index (χ0n) is 29.7. The molecule has 4 atom stereocenters. The Hall–Kier alpha value is -3.45. The number of nitrogens with zero attached hydrogens (tertiary/aromatic N) is 4. The van der Waals surface area contributed by atoms with Gasteiger partial charge in [0.15, 0.2) is 0 Å². The number of hydrogen-bond donors (Lipinski definition) is 1. The van der Waals surface area contributed by atoms with Crippen molar-refractivity contribution in [2.24, 2.45) is 5.92 Å². The van der Waals surface area contributed by atoms with Crippen molar-refractivity contribution in [2.45, 2.75) is 88.3 Å². The number of allylic oxidation sites excluding steroid dienone is 4. The number of ether oxygens (including phenoxy) is 2. The minimum atomic E-state index is -4.04. The lowest BCUT2D eigenvalue weighted by molar-refractivity contribution is -0.147. The van der Waals surface area contributed by atoms with Crippen LogP contribution in [0.2, 0.25) is 0 Å². The highest BCUT2D eigenvalue weighted by Gasteiger charge is 2.50. The van der Waals surface area contributed by atoms with E-state index < -0.39 is 16.1 Å². The number of morpholine rings is 1. The molecule has 3 saturated heterocycles. The number of likely N-dealkylation sites (tertiary alicyclic amines) is 1. The highest BCUT2D eigenvalue weighted by atomic mass is 32.2. The van der Waals surface area contributed by atoms with Gasteiger partial charge in [-0.25, -0.2) is 4.72 Å². The van der Waals surface area contributed by atoms with Crippen molar-refractivity contribution in [3.63, 3.8) is 0 Å². The third-order valence-corrected chi connectivity index (χ3v) is 14.2. The Balaban J connectivity index is 1.18. The SMILES string of the molecule is COc1ccc(C2CCCCC2)c2c1cc1n2CC2=C(C(=O)NS(=O)(=O)N3CCOCC3)C2=C2C=CC[C@@H](C(=O)N3C4CCCC3CN(C)C4)C21. The van der Waals surface area contributed by atoms with Gasteiger partial charge in [-0.05, 0) is 85.9 Å². The van der Waals surface area contributed by atoms with Crippen LogP contribution in [0.5, 0.6) is 5.75 Å². The molecule has 3 aliphatic carbocycles. The van der Waals surface area contributed by atoms with Gasteiger partial charge in [-0.15, -0.1) is 0 Å². The lowest BCUT2D eigenvalue weighted by Crippen LogP contribution is -2.63. The normalized spacial score (nSPS) is 28.6. The van der Waals surface area contributed by atoms with Crippen LogP contribution in [-0.4, -0.2) is 105 Å². The topological polar surface area (TPSA) is 113 Å². The van der Waals surface area contributed by atoms with E-state index in [-0.39, 0.29) is 42.9 Å². The summed E-state index contributed by atoms with van der Waals surface area (Å²) in [6.07, 6.45) is 13.9. The lowest BCUT2D eigenvalue weighted by Gasteiger charge is -2.51. The number of benzene rings is 1. The summed E-state index contributed by atoms with van der Waals surface area (Å²) < 4.78 is 44.1. The Morgan fingerprint density at radius 1 is 0.980 bits per heavy atom. The van der Waals surface area contributed by atoms with Crippen molar-refractivity contribution in [1.29, 1.82) is 0 Å². The molecule has 7 aliphatic rings. The highest BCUT2D eigenvalue weighted by Crippen LogP contribution is 2.55. The molecule has 0 spiro atoms. The fraction of sp³-hybridized carbons (Fsp3) is 0.590. The van der Waals surface area contributed by atoms with Crippen LogP contribution in [-0.2, 0) is 31.1 Å². The first kappa shape index (κ1) is 33.4. The number of rotatable bonds is 6. The maximum absolute atomic E-state index is 15.0. The predicted octanol–water partition coefficient (Wildman–Crippen LogP) is 4.37. The maximum Gasteiger partial charge on any atom is 0.304 e. The average Bonchev–Trinajstić information content (AvgIpc) is 3.77. The monoisotopic (exact) mass is 715 g/mol. The number of carbonyl (C=O) groups is 2. The fourth-order valence-corrected chi connectivity index (χ4v) is 11.5. The number of amides is 2. The van der Waals surface area contributed by atoms with Gasteiger partial charge in [0, 0.05) is 61.8 Å². The van der Waals surface area contributed by atoms with Crippen molar-refractivity contribution in [3.05, 3.63) is 63.9 Å². The molecule has 5 heterocycles. The predicted molar refractivity (Wildman–Crippen MR) is 194 cm³/mol. The van der Waals surface area contributed by atoms with Crippen molar-refractivity contribution >= 4 is 32.9 Å². The van der Waals surface area contributed by atoms with Crippen LogP contribution in [0.15, 0.2) is 52.6 Å². The molecule has 4 fully saturated rings. The highest BCUT2D eigenvalue weighted by molar-refractivity contribution is 7.87. The van der Waals surface area contributed by atoms with E-state index in [2.05, 4.69) is 56.5 Å². The molecule has 11 nitrogen and oxygen atoms in total. The first-order chi connectivity index (χ1) is 24.7. The zero-order valence-corrected chi connectivity index (χ0v) is 30.6. The number of piperidine rings is 1. The second-order valence-electron chi connectivity index (χ2n) is 15.7. The van der Waals surface area contributed by atoms with E-state index in [0.29, 0.717) is 37.7 Å². The maximum atomic E-state index is 15.0. The molecule has 2 bridgehead atoms. The number of carbonyl (C=O) groups excluding carboxylic acids is 2. The lowest BCUT2D eigenvalue weighted by atomic mass is 9.75. The molecule has 272 valence electrons. The molecule has 0 radical (unpaired) electrons. The Bertz CT molecular complexity index is 1970. The molecular formula is C39H49N5O6S. The fourth-order valence-electron chi connectivity index (χ4n) is 10.4. The standard InChI is InChI=1S/C39H49N5O6S/c1-41-21-25-10-6-11-26(22-41)44(25)39(46)29-13-7-12-28-34(29)32-20-30-33(49-2)15-14-27(24-8-4-3-5-9-24)37(30)43(32)23-31-35(28)36(31)38(45)40-51(47,48)42-16-18-50-19-17-42/h7,12,14-15,20,24-26,29,34H,3-6,8-11,13,16-19,21-23H2,1-2H3,(H,40,45)/t25?,26?,29-,34?/m1/s1. The molecule has 1 N–H and O–H groups in total. The Morgan fingerprint density at radius 3 is 2.45 bits per heavy atom. The summed E-state index contributed by atoms with van der Waals surface area (Å²) in [5, 5.41) is 1.04. The molecule has 2 amide bonds. The minimum absolute atomic E-state index is 0.200. The van der Waals surface area contributed by atoms with Crippen LogP contribution in [0.3, 0.4) is 0 Å². The van der Waals surface area contributed by atoms with E-state index >= 15 is 4.79 Å². The van der Waals surface area contributed by atoms with E-state index in [1.165, 1.54) is 29.1 Å². The molecule has 1 aromatic carbocycles. The summed E-state index contributed by atoms with van der Waals surface area (Å²) in [6.45, 7) is 3.22. The first-order valence-electron chi connectivity index (χ1n) is 19.0. The summed E-state index contributed by atoms with van der Waals surface area (Å²) >= 11 is 0. The largest absolute Gasteiger partial charge is 0.496 e. The van der Waals surface area contributed by atoms with Gasteiger partial charge < -0.3 is 23.8 Å². The molecule has 12 heteroatoms. The van der Waals surface area contributed by atoms with E-state index in [9.17, 15) is 13.2 Å². The van der Waals surface area contributed by atoms with Crippen molar-refractivity contribution < 1.29 is 27.5 Å². The summed E-state index contributed by atoms with van der Waals surface area (Å²) in [7, 11) is -0.173. The van der Waals surface area contributed by atoms with Gasteiger partial charge in [0.1, 0.15) is 5.75 Å². The van der Waals surface area contributed by atoms with Gasteiger partial charge in [0.2, 0.25) is 5.91 Å². The Kier molecular flexibility index (Phi) is 8.44. The van der Waals surface area contributed by atoms with Gasteiger partial charge in [-0.3, -0.25) is 9.59 Å². The number of likely N-dealkylation sites (N-methyl/N-ethyl adjacent to an activating group) is 1. The van der Waals surface area contributed by atoms with Crippen LogP contribution in [0.4, 0.5) is 0 Å². The zero-order chi connectivity index (χ0) is 35.0. The van der Waals surface area contributed by atoms with Gasteiger partial charge in [0.25, 0.3) is 5.91 Å². The third kappa shape index (κ3) is 5.59. The van der Waals surface area contributed by atoms with Crippen LogP contribution >= 0.6 is 0 Å². The molecular weight excluding hydrogens is 667 g/mol. The van der Waals surface area contributed by atoms with Gasteiger partial charge in [-0.2, -0.15) is 12.7 Å². The van der Waals surface area contributed by atoms with Crippen molar-refractivity contribution in [1.82, 2.24) is 23.4 Å². The molecule has 51 heavy (non-hydrogen) atoms. The first-order valence-corrected chi connectivity index (χ1v) is 20.4. The molecule has 4 aliphatic heterocycles. The molecule has 9 rings (SSSR count). The number of aromatic nitrogens is 1. The molecule has 1 saturated carbocycles. The van der Waals surface area contributed by atoms with Crippen LogP contribution in [0.1, 0.15) is 80.9 Å². The summed E-state index contributed by atoms with van der Waals surface area (Å²) in [4.78, 5) is 33.6. The summed E-state index contributed by atoms with van der Waals surface area (Å²) in [5.74, 6) is 0.206. The van der Waals surface area contributed by atoms with E-state index in [1.807, 2.05) is 0 Å². The Labute approximate surface area is 300 Å². The van der Waals surface area contributed by atoms with Crippen LogP contribution in [0.25, 0.3) is 10.9 Å². The van der Waals surface area contributed by atoms with Gasteiger partial charge >= 0.3 is 10.2 Å². The molecule has 3 unspecified atom stereocenters. The number of fused-ring (bicyclic) bond motifs is 8. The van der Waals surface area contributed by atoms with Crippen LogP contribution in [0, 0.1) is 5.92 Å². The van der Waals surface area contributed by atoms with E-state index in [0.717, 1.165) is 84.3 Å². The quantitative estimate of drug-likeness (QED) is 0.473. The van der Waals surface area contributed by atoms with Crippen LogP contribution < -0.4 is 9.46 Å². The third-order valence-electron chi connectivity index (χ3n) is 12.7. The summed E-state index contributed by atoms with van der Waals surface area (Å²) in [5.41, 5.74) is 6.56. The molecule has 2 aromatic rings. The average molecular weight is 716 g/mol. The van der Waals surface area contributed by atoms with Gasteiger partial charge in [-0.1, -0.05) is 37.5 Å². The number of methoxy groups -OCH3 is 1. The van der Waals surface area contributed by atoms with Gasteiger partial charge in [0.05, 0.1) is 37.3 Å². The van der Waals surface area contributed by atoms with E-state index in [1.54, 1.807) is 7.11 Å². The number of nitrogens with one attached hydrogen (secondary N) is 1. The smallest absolute Gasteiger partial charge is 0.304 e. The molecule has 1 aromatic heterocycles. The van der Waals surface area contributed by atoms with Crippen molar-refractivity contribution in [2.75, 3.05) is 53.6 Å². The second kappa shape index (κ2) is 12.9. The second-order valence-corrected chi connectivity index (χ2v) is 17.3. The van der Waals surface area contributed by atoms with E-state index in [4.69, 9.17) is 9.47 Å². The number of piperazine rings is 1. The number of hydrogen-bond acceptors (Lipinski definition) is 7. The minimum Gasteiger partial charge on any atom is -0.496 e.